The predicted octanol–water partition coefficient (Wildman–Crippen LogP) is 2.91. The fraction of sp³-hybridized carbons (Fsp3) is 0.400. The van der Waals surface area contributed by atoms with Crippen LogP contribution in [0.4, 0.5) is 4.39 Å². The Morgan fingerprint density at radius 1 is 1.40 bits per heavy atom. The second kappa shape index (κ2) is 6.86. The number of hydrogen-bond acceptors (Lipinski definition) is 2. The highest BCUT2D eigenvalue weighted by atomic mass is 35.5. The monoisotopic (exact) mass is 297 g/mol. The van der Waals surface area contributed by atoms with Crippen molar-refractivity contribution >= 4 is 23.6 Å². The highest BCUT2D eigenvalue weighted by molar-refractivity contribution is 6.30. The van der Waals surface area contributed by atoms with Gasteiger partial charge in [0.25, 0.3) is 0 Å². The van der Waals surface area contributed by atoms with E-state index in [-0.39, 0.29) is 17.0 Å². The lowest BCUT2D eigenvalue weighted by Crippen LogP contribution is -2.44. The van der Waals surface area contributed by atoms with Crippen LogP contribution in [0.2, 0.25) is 5.02 Å². The first-order chi connectivity index (χ1) is 9.56. The minimum Gasteiger partial charge on any atom is -0.391 e. The summed E-state index contributed by atoms with van der Waals surface area (Å²) in [4.78, 5) is 11.8. The van der Waals surface area contributed by atoms with Gasteiger partial charge >= 0.3 is 0 Å². The Kier molecular flexibility index (Phi) is 5.15. The molecule has 1 aliphatic rings. The van der Waals surface area contributed by atoms with Gasteiger partial charge in [0.1, 0.15) is 5.82 Å². The van der Waals surface area contributed by atoms with Crippen molar-refractivity contribution in [3.05, 3.63) is 40.7 Å². The molecule has 0 aromatic heterocycles. The van der Waals surface area contributed by atoms with E-state index in [2.05, 4.69) is 5.32 Å². The molecule has 5 heteroatoms. The van der Waals surface area contributed by atoms with Gasteiger partial charge in [0.2, 0.25) is 5.91 Å². The molecule has 2 N–H and O–H groups in total. The summed E-state index contributed by atoms with van der Waals surface area (Å²) in [6.07, 6.45) is 5.99. The van der Waals surface area contributed by atoms with Crippen LogP contribution in [0.5, 0.6) is 0 Å². The first-order valence-corrected chi connectivity index (χ1v) is 7.06. The summed E-state index contributed by atoms with van der Waals surface area (Å²) in [5, 5.41) is 12.6. The molecule has 20 heavy (non-hydrogen) atoms. The van der Waals surface area contributed by atoms with Crippen LogP contribution in [-0.2, 0) is 4.79 Å². The van der Waals surface area contributed by atoms with Gasteiger partial charge in [-0.25, -0.2) is 4.39 Å². The average Bonchev–Trinajstić information content (AvgIpc) is 2.43. The third-order valence-electron chi connectivity index (χ3n) is 3.43. The number of carbonyl (C=O) groups excluding carboxylic acids is 1. The summed E-state index contributed by atoms with van der Waals surface area (Å²) in [5.74, 6) is -0.755. The van der Waals surface area contributed by atoms with Gasteiger partial charge in [-0.05, 0) is 36.6 Å². The number of halogens is 2. The average molecular weight is 298 g/mol. The number of carbonyl (C=O) groups is 1. The molecule has 0 saturated heterocycles. The topological polar surface area (TPSA) is 49.3 Å². The highest BCUT2D eigenvalue weighted by Crippen LogP contribution is 2.19. The molecule has 1 aliphatic carbocycles. The van der Waals surface area contributed by atoms with Crippen molar-refractivity contribution in [1.82, 2.24) is 5.32 Å². The second-order valence-corrected chi connectivity index (χ2v) is 5.38. The van der Waals surface area contributed by atoms with Crippen LogP contribution in [-0.4, -0.2) is 23.2 Å². The summed E-state index contributed by atoms with van der Waals surface area (Å²) in [6.45, 7) is 0. The van der Waals surface area contributed by atoms with Gasteiger partial charge in [0.15, 0.2) is 0 Å². The molecule has 2 rings (SSSR count). The van der Waals surface area contributed by atoms with Crippen LogP contribution in [0.15, 0.2) is 24.3 Å². The predicted molar refractivity (Wildman–Crippen MR) is 76.8 cm³/mol. The third-order valence-corrected chi connectivity index (χ3v) is 3.72. The molecule has 0 radical (unpaired) electrons. The van der Waals surface area contributed by atoms with Crippen molar-refractivity contribution in [3.8, 4) is 0 Å². The van der Waals surface area contributed by atoms with Crippen molar-refractivity contribution < 1.29 is 14.3 Å². The van der Waals surface area contributed by atoms with Crippen molar-refractivity contribution in [1.29, 1.82) is 0 Å². The molecule has 0 heterocycles. The number of nitrogens with one attached hydrogen (secondary N) is 1. The Labute approximate surface area is 122 Å². The SMILES string of the molecule is O=C(/C=C/c1ccc(F)c(Cl)c1)N[C@H]1CCCC[C@@H]1O. The summed E-state index contributed by atoms with van der Waals surface area (Å²) in [6, 6.07) is 4.07. The van der Waals surface area contributed by atoms with E-state index in [4.69, 9.17) is 11.6 Å². The molecule has 1 fully saturated rings. The molecule has 1 amide bonds. The fourth-order valence-corrected chi connectivity index (χ4v) is 2.49. The Hall–Kier alpha value is -1.39. The summed E-state index contributed by atoms with van der Waals surface area (Å²) in [7, 11) is 0. The molecule has 2 atom stereocenters. The normalized spacial score (nSPS) is 22.9. The molecule has 1 aromatic carbocycles. The van der Waals surface area contributed by atoms with Crippen molar-refractivity contribution in [2.75, 3.05) is 0 Å². The molecule has 108 valence electrons. The molecular weight excluding hydrogens is 281 g/mol. The zero-order chi connectivity index (χ0) is 14.5. The van der Waals surface area contributed by atoms with E-state index in [0.717, 1.165) is 25.7 Å². The lowest BCUT2D eigenvalue weighted by Gasteiger charge is -2.27. The number of hydrogen-bond donors (Lipinski definition) is 2. The molecule has 0 bridgehead atoms. The quantitative estimate of drug-likeness (QED) is 0.843. The number of benzene rings is 1. The fourth-order valence-electron chi connectivity index (χ4n) is 2.30. The highest BCUT2D eigenvalue weighted by Gasteiger charge is 2.23. The van der Waals surface area contributed by atoms with Gasteiger partial charge in [0.05, 0.1) is 17.2 Å². The van der Waals surface area contributed by atoms with E-state index in [0.29, 0.717) is 5.56 Å². The van der Waals surface area contributed by atoms with Crippen molar-refractivity contribution in [2.45, 2.75) is 37.8 Å². The van der Waals surface area contributed by atoms with E-state index in [1.54, 1.807) is 12.1 Å². The molecule has 0 spiro atoms. The maximum Gasteiger partial charge on any atom is 0.244 e. The standard InChI is InChI=1S/C15H17ClFNO2/c16-11-9-10(5-7-12(11)17)6-8-15(20)18-13-3-1-2-4-14(13)19/h5-9,13-14,19H,1-4H2,(H,18,20)/b8-6+/t13-,14-/m0/s1. The third kappa shape index (κ3) is 4.05. The van der Waals surface area contributed by atoms with E-state index >= 15 is 0 Å². The van der Waals surface area contributed by atoms with Crippen LogP contribution in [0.1, 0.15) is 31.2 Å². The molecule has 1 aromatic rings. The van der Waals surface area contributed by atoms with E-state index in [9.17, 15) is 14.3 Å². The molecule has 1 saturated carbocycles. The molecule has 0 unspecified atom stereocenters. The van der Waals surface area contributed by atoms with E-state index < -0.39 is 11.9 Å². The first-order valence-electron chi connectivity index (χ1n) is 6.68. The van der Waals surface area contributed by atoms with Crippen LogP contribution in [0.25, 0.3) is 6.08 Å². The lowest BCUT2D eigenvalue weighted by atomic mass is 9.92. The number of aliphatic hydroxyl groups excluding tert-OH is 1. The summed E-state index contributed by atoms with van der Waals surface area (Å²) < 4.78 is 13.0. The van der Waals surface area contributed by atoms with E-state index in [1.165, 1.54) is 18.2 Å². The van der Waals surface area contributed by atoms with Crippen LogP contribution in [0.3, 0.4) is 0 Å². The molecule has 0 aliphatic heterocycles. The summed E-state index contributed by atoms with van der Waals surface area (Å²) in [5.41, 5.74) is 0.649. The minimum atomic E-state index is -0.487. The Balaban J connectivity index is 1.93. The Morgan fingerprint density at radius 2 is 2.15 bits per heavy atom. The second-order valence-electron chi connectivity index (χ2n) is 4.97. The van der Waals surface area contributed by atoms with E-state index in [1.807, 2.05) is 0 Å². The number of amides is 1. The minimum absolute atomic E-state index is 0.0234. The number of rotatable bonds is 3. The van der Waals surface area contributed by atoms with Crippen LogP contribution in [0, 0.1) is 5.82 Å². The van der Waals surface area contributed by atoms with Gasteiger partial charge in [-0.15, -0.1) is 0 Å². The number of aliphatic hydroxyl groups is 1. The van der Waals surface area contributed by atoms with Crippen molar-refractivity contribution in [3.63, 3.8) is 0 Å². The lowest BCUT2D eigenvalue weighted by molar-refractivity contribution is -0.118. The zero-order valence-corrected chi connectivity index (χ0v) is 11.7. The largest absolute Gasteiger partial charge is 0.391 e. The maximum atomic E-state index is 13.0. The summed E-state index contributed by atoms with van der Waals surface area (Å²) >= 11 is 5.66. The van der Waals surface area contributed by atoms with Crippen molar-refractivity contribution in [2.24, 2.45) is 0 Å². The van der Waals surface area contributed by atoms with Gasteiger partial charge in [0, 0.05) is 6.08 Å². The van der Waals surface area contributed by atoms with Gasteiger partial charge in [-0.2, -0.15) is 0 Å². The smallest absolute Gasteiger partial charge is 0.244 e. The first kappa shape index (κ1) is 15.0. The van der Waals surface area contributed by atoms with Crippen LogP contribution < -0.4 is 5.32 Å². The maximum absolute atomic E-state index is 13.0. The van der Waals surface area contributed by atoms with Gasteiger partial charge in [-0.3, -0.25) is 4.79 Å². The van der Waals surface area contributed by atoms with Crippen LogP contribution >= 0.6 is 11.6 Å². The Morgan fingerprint density at radius 3 is 2.85 bits per heavy atom. The van der Waals surface area contributed by atoms with Gasteiger partial charge < -0.3 is 10.4 Å². The molecular formula is C15H17ClFNO2. The van der Waals surface area contributed by atoms with Gasteiger partial charge in [-0.1, -0.05) is 30.5 Å². The Bertz CT molecular complexity index is 519. The zero-order valence-electron chi connectivity index (χ0n) is 11.0. The molecule has 3 nitrogen and oxygen atoms in total.